The third-order valence-electron chi connectivity index (χ3n) is 10.6. The molecule has 6 atom stereocenters. The van der Waals surface area contributed by atoms with Crippen molar-refractivity contribution in [3.8, 4) is 0 Å². The summed E-state index contributed by atoms with van der Waals surface area (Å²) in [7, 11) is 0. The monoisotopic (exact) mass is 396 g/mol. The zero-order valence-electron chi connectivity index (χ0n) is 20.4. The second-order valence-electron chi connectivity index (χ2n) is 12.8. The van der Waals surface area contributed by atoms with Crippen LogP contribution in [0.5, 0.6) is 0 Å². The fourth-order valence-electron chi connectivity index (χ4n) is 7.94. The molecule has 6 unspecified atom stereocenters. The van der Waals surface area contributed by atoms with Gasteiger partial charge in [-0.2, -0.15) is 0 Å². The molecule has 3 fully saturated rings. The first-order valence-corrected chi connectivity index (χ1v) is 13.1. The molecule has 0 bridgehead atoms. The van der Waals surface area contributed by atoms with Crippen molar-refractivity contribution in [1.29, 1.82) is 0 Å². The molecule has 0 amide bonds. The molecular formula is C29H48. The summed E-state index contributed by atoms with van der Waals surface area (Å²) in [6.45, 7) is 15.0. The molecule has 0 heteroatoms. The molecule has 0 saturated heterocycles. The normalized spacial score (nSPS) is 41.9. The molecule has 0 spiro atoms. The van der Waals surface area contributed by atoms with Gasteiger partial charge < -0.3 is 0 Å². The van der Waals surface area contributed by atoms with Crippen molar-refractivity contribution in [1.82, 2.24) is 0 Å². The standard InChI is InChI=1S/C29H48/c1-7-27(3,4)17-9-8-10-22-12-14-25-24-13-11-23-20-21(2)15-18-29(23,6)26(24)16-19-28(22,25)5/h11,13,21-22,25-26H,7-10,12,14-20H2,1-6H3. The van der Waals surface area contributed by atoms with E-state index in [1.807, 2.05) is 5.57 Å². The maximum absolute atomic E-state index is 2.69. The lowest BCUT2D eigenvalue weighted by Gasteiger charge is -2.55. The van der Waals surface area contributed by atoms with Gasteiger partial charge in [0.05, 0.1) is 0 Å². The van der Waals surface area contributed by atoms with Crippen molar-refractivity contribution in [3.63, 3.8) is 0 Å². The predicted molar refractivity (Wildman–Crippen MR) is 127 cm³/mol. The van der Waals surface area contributed by atoms with E-state index in [0.717, 1.165) is 23.7 Å². The van der Waals surface area contributed by atoms with Crippen molar-refractivity contribution in [2.24, 2.45) is 39.9 Å². The van der Waals surface area contributed by atoms with Crippen LogP contribution in [0.1, 0.15) is 119 Å². The third-order valence-corrected chi connectivity index (χ3v) is 10.6. The molecule has 0 heterocycles. The fourth-order valence-corrected chi connectivity index (χ4v) is 7.94. The molecular weight excluding hydrogens is 348 g/mol. The van der Waals surface area contributed by atoms with Gasteiger partial charge in [0.2, 0.25) is 0 Å². The van der Waals surface area contributed by atoms with Crippen molar-refractivity contribution < 1.29 is 0 Å². The molecule has 4 aliphatic rings. The van der Waals surface area contributed by atoms with Gasteiger partial charge in [-0.15, -0.1) is 0 Å². The maximum Gasteiger partial charge on any atom is -0.00474 e. The lowest BCUT2D eigenvalue weighted by Crippen LogP contribution is -2.45. The van der Waals surface area contributed by atoms with Gasteiger partial charge in [0.15, 0.2) is 0 Å². The minimum absolute atomic E-state index is 0.488. The second-order valence-corrected chi connectivity index (χ2v) is 12.8. The largest absolute Gasteiger partial charge is 0.0649 e. The van der Waals surface area contributed by atoms with E-state index in [2.05, 4.69) is 53.7 Å². The number of unbranched alkanes of at least 4 members (excludes halogenated alkanes) is 1. The maximum atomic E-state index is 2.69. The third kappa shape index (κ3) is 3.80. The van der Waals surface area contributed by atoms with Crippen molar-refractivity contribution in [3.05, 3.63) is 23.3 Å². The molecule has 164 valence electrons. The van der Waals surface area contributed by atoms with Crippen molar-refractivity contribution in [2.45, 2.75) is 119 Å². The van der Waals surface area contributed by atoms with E-state index in [4.69, 9.17) is 0 Å². The van der Waals surface area contributed by atoms with E-state index in [9.17, 15) is 0 Å². The molecule has 0 radical (unpaired) electrons. The molecule has 4 aliphatic carbocycles. The zero-order valence-corrected chi connectivity index (χ0v) is 20.4. The van der Waals surface area contributed by atoms with E-state index in [1.54, 1.807) is 5.57 Å². The number of allylic oxidation sites excluding steroid dienone is 4. The SMILES string of the molecule is CCC(C)(C)CCCCC1CCC2C3=CC=C4CC(C)CCC4(C)C3CCC12C. The average molecular weight is 397 g/mol. The van der Waals surface area contributed by atoms with E-state index in [1.165, 1.54) is 77.0 Å². The van der Waals surface area contributed by atoms with E-state index < -0.39 is 0 Å². The van der Waals surface area contributed by atoms with Crippen LogP contribution in [-0.4, -0.2) is 0 Å². The highest BCUT2D eigenvalue weighted by Crippen LogP contribution is 2.65. The highest BCUT2D eigenvalue weighted by molar-refractivity contribution is 5.38. The van der Waals surface area contributed by atoms with Crippen LogP contribution in [0.4, 0.5) is 0 Å². The summed E-state index contributed by atoms with van der Waals surface area (Å²) < 4.78 is 0. The predicted octanol–water partition coefficient (Wildman–Crippen LogP) is 9.12. The number of fused-ring (bicyclic) bond motifs is 5. The van der Waals surface area contributed by atoms with Crippen molar-refractivity contribution >= 4 is 0 Å². The molecule has 0 aromatic carbocycles. The number of hydrogen-bond acceptors (Lipinski definition) is 0. The van der Waals surface area contributed by atoms with Crippen LogP contribution in [0.3, 0.4) is 0 Å². The Morgan fingerprint density at radius 2 is 1.76 bits per heavy atom. The fraction of sp³-hybridized carbons (Fsp3) is 0.862. The van der Waals surface area contributed by atoms with Gasteiger partial charge in [0, 0.05) is 0 Å². The molecule has 4 rings (SSSR count). The van der Waals surface area contributed by atoms with Gasteiger partial charge in [-0.1, -0.05) is 84.1 Å². The summed E-state index contributed by atoms with van der Waals surface area (Å²) in [4.78, 5) is 0. The minimum Gasteiger partial charge on any atom is -0.0649 e. The molecule has 29 heavy (non-hydrogen) atoms. The zero-order chi connectivity index (χ0) is 20.9. The Hall–Kier alpha value is -0.520. The van der Waals surface area contributed by atoms with Crippen LogP contribution in [0.2, 0.25) is 0 Å². The van der Waals surface area contributed by atoms with Crippen molar-refractivity contribution in [2.75, 3.05) is 0 Å². The molecule has 3 saturated carbocycles. The summed E-state index contributed by atoms with van der Waals surface area (Å²) in [5.74, 6) is 3.61. The van der Waals surface area contributed by atoms with Crippen LogP contribution in [0, 0.1) is 39.9 Å². The van der Waals surface area contributed by atoms with E-state index >= 15 is 0 Å². The van der Waals surface area contributed by atoms with Gasteiger partial charge in [-0.3, -0.25) is 0 Å². The Morgan fingerprint density at radius 3 is 2.52 bits per heavy atom. The Kier molecular flexibility index (Phi) is 5.89. The quantitative estimate of drug-likeness (QED) is 0.393. The highest BCUT2D eigenvalue weighted by atomic mass is 14.6. The van der Waals surface area contributed by atoms with Crippen LogP contribution in [0.15, 0.2) is 23.3 Å². The highest BCUT2D eigenvalue weighted by Gasteiger charge is 2.55. The average Bonchev–Trinajstić information content (AvgIpc) is 3.02. The summed E-state index contributed by atoms with van der Waals surface area (Å²) >= 11 is 0. The topological polar surface area (TPSA) is 0 Å². The van der Waals surface area contributed by atoms with Crippen LogP contribution in [0.25, 0.3) is 0 Å². The van der Waals surface area contributed by atoms with E-state index in [-0.39, 0.29) is 0 Å². The second kappa shape index (κ2) is 7.87. The number of hydrogen-bond donors (Lipinski definition) is 0. The number of rotatable bonds is 6. The first-order chi connectivity index (χ1) is 13.7. The lowest BCUT2D eigenvalue weighted by atomic mass is 9.50. The Bertz CT molecular complexity index is 664. The van der Waals surface area contributed by atoms with Gasteiger partial charge in [0.25, 0.3) is 0 Å². The first kappa shape index (κ1) is 21.7. The Labute approximate surface area is 182 Å². The van der Waals surface area contributed by atoms with Crippen LogP contribution >= 0.6 is 0 Å². The molecule has 0 aromatic rings. The van der Waals surface area contributed by atoms with Gasteiger partial charge >= 0.3 is 0 Å². The van der Waals surface area contributed by atoms with Crippen LogP contribution < -0.4 is 0 Å². The van der Waals surface area contributed by atoms with Crippen LogP contribution in [-0.2, 0) is 0 Å². The molecule has 0 nitrogen and oxygen atoms in total. The first-order valence-electron chi connectivity index (χ1n) is 13.1. The Balaban J connectivity index is 1.44. The van der Waals surface area contributed by atoms with Gasteiger partial charge in [-0.25, -0.2) is 0 Å². The van der Waals surface area contributed by atoms with Gasteiger partial charge in [-0.05, 0) is 97.7 Å². The Morgan fingerprint density at radius 1 is 0.966 bits per heavy atom. The smallest absolute Gasteiger partial charge is 0.00474 e. The molecule has 0 aliphatic heterocycles. The lowest BCUT2D eigenvalue weighted by molar-refractivity contribution is 0.0611. The van der Waals surface area contributed by atoms with Gasteiger partial charge in [0.1, 0.15) is 0 Å². The summed E-state index contributed by atoms with van der Waals surface area (Å²) in [5.41, 5.74) is 5.30. The molecule has 0 N–H and O–H groups in total. The summed E-state index contributed by atoms with van der Waals surface area (Å²) in [6.07, 6.45) is 22.5. The van der Waals surface area contributed by atoms with E-state index in [0.29, 0.717) is 16.2 Å². The summed E-state index contributed by atoms with van der Waals surface area (Å²) in [5, 5.41) is 0. The summed E-state index contributed by atoms with van der Waals surface area (Å²) in [6, 6.07) is 0. The minimum atomic E-state index is 0.488. The molecule has 0 aromatic heterocycles.